The Kier molecular flexibility index (Phi) is 4.28. The van der Waals surface area contributed by atoms with Gasteiger partial charge in [0, 0.05) is 0 Å². The number of hydrogen-bond donors (Lipinski definition) is 0. The number of aryl methyl sites for hydroxylation is 1. The average Bonchev–Trinajstić information content (AvgIpc) is 2.46. The molecular weight excluding hydrogens is 270 g/mol. The van der Waals surface area contributed by atoms with E-state index in [1.807, 2.05) is 43.3 Å². The molecule has 2 aromatic rings. The zero-order valence-electron chi connectivity index (χ0n) is 11.1. The van der Waals surface area contributed by atoms with E-state index in [1.165, 1.54) is 0 Å². The molecule has 0 bridgehead atoms. The van der Waals surface area contributed by atoms with Gasteiger partial charge in [0.05, 0.1) is 0 Å². The molecule has 0 amide bonds. The Bertz CT molecular complexity index is 713. The second-order valence-corrected chi connectivity index (χ2v) is 6.28. The summed E-state index contributed by atoms with van der Waals surface area (Å²) >= 11 is 0. The molecule has 0 unspecified atom stereocenters. The van der Waals surface area contributed by atoms with Crippen LogP contribution in [-0.4, -0.2) is 12.7 Å². The van der Waals surface area contributed by atoms with E-state index in [9.17, 15) is 8.42 Å². The molecule has 3 nitrogen and oxygen atoms in total. The van der Waals surface area contributed by atoms with Crippen LogP contribution in [0.4, 0.5) is 0 Å². The van der Waals surface area contributed by atoms with E-state index in [-0.39, 0.29) is 11.4 Å². The topological polar surface area (TPSA) is 37.4 Å². The molecular formula is C16H14NO2S+. The van der Waals surface area contributed by atoms with Crippen LogP contribution in [0.5, 0.6) is 0 Å². The van der Waals surface area contributed by atoms with Crippen LogP contribution in [0, 0.1) is 19.4 Å². The maximum atomic E-state index is 12.4. The van der Waals surface area contributed by atoms with Gasteiger partial charge in [0.25, 0.3) is 0 Å². The molecule has 2 aromatic carbocycles. The standard InChI is InChI=1S/C16H14NO2S/c1-3-17(13-15-7-5-4-6-8-15)20(18,19)16-11-9-14(2)10-12-16/h4-12H,13H2,2H3/q+1. The molecule has 0 N–H and O–H groups in total. The van der Waals surface area contributed by atoms with E-state index in [4.69, 9.17) is 6.42 Å². The molecule has 0 saturated heterocycles. The van der Waals surface area contributed by atoms with Gasteiger partial charge in [-0.25, -0.2) is 0 Å². The van der Waals surface area contributed by atoms with Crippen LogP contribution in [0.25, 0.3) is 0 Å². The SMILES string of the molecule is [C+]#CN(Cc1ccccc1)S(=O)(=O)c1ccc(C)cc1. The van der Waals surface area contributed by atoms with E-state index in [2.05, 4.69) is 0 Å². The number of hydrogen-bond acceptors (Lipinski definition) is 2. The van der Waals surface area contributed by atoms with Crippen molar-refractivity contribution in [1.29, 1.82) is 0 Å². The quantitative estimate of drug-likeness (QED) is 0.492. The Balaban J connectivity index is 2.31. The van der Waals surface area contributed by atoms with Crippen molar-refractivity contribution in [1.82, 2.24) is 4.31 Å². The Morgan fingerprint density at radius 3 is 2.20 bits per heavy atom. The molecule has 0 saturated carbocycles. The molecule has 0 aliphatic carbocycles. The summed E-state index contributed by atoms with van der Waals surface area (Å²) in [6.45, 7) is 1.99. The van der Waals surface area contributed by atoms with Crippen molar-refractivity contribution in [3.05, 3.63) is 72.1 Å². The number of rotatable bonds is 4. The van der Waals surface area contributed by atoms with Gasteiger partial charge < -0.3 is 0 Å². The van der Waals surface area contributed by atoms with Gasteiger partial charge in [0.15, 0.2) is 0 Å². The fourth-order valence-electron chi connectivity index (χ4n) is 1.77. The Morgan fingerprint density at radius 2 is 1.65 bits per heavy atom. The van der Waals surface area contributed by atoms with Crippen LogP contribution >= 0.6 is 0 Å². The molecule has 2 rings (SSSR count). The molecule has 0 aromatic heterocycles. The third-order valence-electron chi connectivity index (χ3n) is 2.90. The molecule has 20 heavy (non-hydrogen) atoms. The monoisotopic (exact) mass is 284 g/mol. The summed E-state index contributed by atoms with van der Waals surface area (Å²) in [5.41, 5.74) is 1.79. The number of nitrogens with zero attached hydrogens (tertiary/aromatic N) is 1. The van der Waals surface area contributed by atoms with Crippen LogP contribution in [0.1, 0.15) is 11.1 Å². The summed E-state index contributed by atoms with van der Waals surface area (Å²) in [6, 6.07) is 17.7. The summed E-state index contributed by atoms with van der Waals surface area (Å²) in [5, 5.41) is 0. The van der Waals surface area contributed by atoms with Crippen molar-refractivity contribution in [2.24, 2.45) is 0 Å². The molecule has 0 heterocycles. The zero-order chi connectivity index (χ0) is 14.6. The molecule has 0 aliphatic rings. The predicted octanol–water partition coefficient (Wildman–Crippen LogP) is 2.73. The number of sulfonamides is 1. The van der Waals surface area contributed by atoms with Crippen LogP contribution in [0.3, 0.4) is 0 Å². The Labute approximate surface area is 119 Å². The molecule has 0 atom stereocenters. The van der Waals surface area contributed by atoms with E-state index >= 15 is 0 Å². The van der Waals surface area contributed by atoms with Crippen molar-refractivity contribution in [3.63, 3.8) is 0 Å². The van der Waals surface area contributed by atoms with Crippen LogP contribution in [-0.2, 0) is 16.6 Å². The second-order valence-electron chi connectivity index (χ2n) is 4.42. The van der Waals surface area contributed by atoms with Crippen LogP contribution < -0.4 is 0 Å². The van der Waals surface area contributed by atoms with E-state index < -0.39 is 10.0 Å². The first-order valence-corrected chi connectivity index (χ1v) is 7.54. The van der Waals surface area contributed by atoms with Crippen molar-refractivity contribution in [2.45, 2.75) is 18.4 Å². The van der Waals surface area contributed by atoms with Gasteiger partial charge in [-0.2, -0.15) is 0 Å². The molecule has 0 aliphatic heterocycles. The average molecular weight is 284 g/mol. The molecule has 0 fully saturated rings. The minimum atomic E-state index is -3.73. The molecule has 0 spiro atoms. The van der Waals surface area contributed by atoms with Gasteiger partial charge in [-0.05, 0) is 0 Å². The number of benzene rings is 2. The fraction of sp³-hybridized carbons (Fsp3) is 0.125. The van der Waals surface area contributed by atoms with Crippen LogP contribution in [0.15, 0.2) is 59.5 Å². The van der Waals surface area contributed by atoms with E-state index in [1.54, 1.807) is 24.3 Å². The van der Waals surface area contributed by atoms with E-state index in [0.29, 0.717) is 0 Å². The summed E-state index contributed by atoms with van der Waals surface area (Å²) in [5.74, 6) is 0. The summed E-state index contributed by atoms with van der Waals surface area (Å²) < 4.78 is 25.8. The zero-order valence-corrected chi connectivity index (χ0v) is 11.9. The Hall–Kier alpha value is -2.03. The van der Waals surface area contributed by atoms with Gasteiger partial charge in [0.1, 0.15) is 0 Å². The minimum absolute atomic E-state index is 0.0978. The predicted molar refractivity (Wildman–Crippen MR) is 77.5 cm³/mol. The van der Waals surface area contributed by atoms with Gasteiger partial charge in [-0.15, -0.1) is 0 Å². The van der Waals surface area contributed by atoms with Gasteiger partial charge in [-0.1, -0.05) is 0 Å². The summed E-state index contributed by atoms with van der Waals surface area (Å²) in [7, 11) is -3.73. The maximum absolute atomic E-state index is 12.4. The third kappa shape index (κ3) is 3.10. The normalized spacial score (nSPS) is 10.9. The Morgan fingerprint density at radius 1 is 1.05 bits per heavy atom. The summed E-state index contributed by atoms with van der Waals surface area (Å²) in [6.07, 6.45) is 7.25. The van der Waals surface area contributed by atoms with Crippen molar-refractivity contribution in [2.75, 3.05) is 0 Å². The van der Waals surface area contributed by atoms with Gasteiger partial charge in [-0.3, -0.25) is 0 Å². The van der Waals surface area contributed by atoms with Gasteiger partial charge in [0.2, 0.25) is 0 Å². The first-order valence-electron chi connectivity index (χ1n) is 6.10. The van der Waals surface area contributed by atoms with Crippen molar-refractivity contribution < 1.29 is 8.42 Å². The van der Waals surface area contributed by atoms with Gasteiger partial charge >= 0.3 is 119 Å². The first kappa shape index (κ1) is 14.4. The molecule has 0 radical (unpaired) electrons. The first-order chi connectivity index (χ1) is 9.54. The van der Waals surface area contributed by atoms with Crippen LogP contribution in [0.2, 0.25) is 0 Å². The second kappa shape index (κ2) is 5.95. The third-order valence-corrected chi connectivity index (χ3v) is 4.57. The van der Waals surface area contributed by atoms with Crippen molar-refractivity contribution in [3.8, 4) is 6.04 Å². The molecule has 100 valence electrons. The van der Waals surface area contributed by atoms with E-state index in [0.717, 1.165) is 15.4 Å². The summed E-state index contributed by atoms with van der Waals surface area (Å²) in [4.78, 5) is 0.166. The fourth-order valence-corrected chi connectivity index (χ4v) is 2.95. The molecule has 4 heteroatoms. The van der Waals surface area contributed by atoms with Crippen molar-refractivity contribution >= 4 is 10.0 Å².